The zero-order valence-corrected chi connectivity index (χ0v) is 14.1. The number of alkyl halides is 3. The molecule has 0 aliphatic rings. The molecule has 8 heteroatoms. The van der Waals surface area contributed by atoms with Crippen LogP contribution in [0.15, 0.2) is 24.3 Å². The fraction of sp³-hybridized carbons (Fsp3) is 0.533. The SMILES string of the molecule is CC(C)C(C)(CN)NC(=O)Cc1ccc(OC(F)(F)F)cc1.Cl. The fourth-order valence-corrected chi connectivity index (χ4v) is 1.79. The molecule has 132 valence electrons. The second-order valence-corrected chi connectivity index (χ2v) is 5.69. The average Bonchev–Trinajstić information content (AvgIpc) is 2.39. The molecule has 23 heavy (non-hydrogen) atoms. The number of hydrogen-bond acceptors (Lipinski definition) is 3. The predicted molar refractivity (Wildman–Crippen MR) is 84.5 cm³/mol. The fourth-order valence-electron chi connectivity index (χ4n) is 1.79. The predicted octanol–water partition coefficient (Wildman–Crippen LogP) is 3.04. The molecule has 0 aliphatic carbocycles. The van der Waals surface area contributed by atoms with Gasteiger partial charge in [-0.1, -0.05) is 26.0 Å². The third-order valence-corrected chi connectivity index (χ3v) is 3.64. The molecule has 1 aromatic rings. The second kappa shape index (κ2) is 8.40. The molecule has 1 unspecified atom stereocenters. The van der Waals surface area contributed by atoms with Crippen LogP contribution in [0.5, 0.6) is 5.75 Å². The highest BCUT2D eigenvalue weighted by atomic mass is 35.5. The minimum absolute atomic E-state index is 0. The van der Waals surface area contributed by atoms with Crippen molar-refractivity contribution in [2.75, 3.05) is 6.54 Å². The van der Waals surface area contributed by atoms with E-state index < -0.39 is 11.9 Å². The van der Waals surface area contributed by atoms with Crippen LogP contribution in [-0.4, -0.2) is 24.4 Å². The van der Waals surface area contributed by atoms with E-state index in [2.05, 4.69) is 10.1 Å². The molecular formula is C15H22ClF3N2O2. The molecule has 1 amide bonds. The molecule has 0 radical (unpaired) electrons. The third-order valence-electron chi connectivity index (χ3n) is 3.64. The summed E-state index contributed by atoms with van der Waals surface area (Å²) < 4.78 is 39.9. The van der Waals surface area contributed by atoms with E-state index in [4.69, 9.17) is 5.73 Å². The maximum atomic E-state index is 12.1. The van der Waals surface area contributed by atoms with Crippen LogP contribution in [0.25, 0.3) is 0 Å². The summed E-state index contributed by atoms with van der Waals surface area (Å²) in [5.41, 5.74) is 5.77. The lowest BCUT2D eigenvalue weighted by atomic mass is 9.88. The summed E-state index contributed by atoms with van der Waals surface area (Å²) in [6.07, 6.45) is -4.66. The summed E-state index contributed by atoms with van der Waals surface area (Å²) >= 11 is 0. The van der Waals surface area contributed by atoms with Crippen LogP contribution in [0.3, 0.4) is 0 Å². The maximum Gasteiger partial charge on any atom is 0.573 e. The topological polar surface area (TPSA) is 64.3 Å². The minimum Gasteiger partial charge on any atom is -0.406 e. The molecular weight excluding hydrogens is 333 g/mol. The highest BCUT2D eigenvalue weighted by Crippen LogP contribution is 2.23. The van der Waals surface area contributed by atoms with Gasteiger partial charge < -0.3 is 15.8 Å². The molecule has 0 heterocycles. The monoisotopic (exact) mass is 354 g/mol. The van der Waals surface area contributed by atoms with Gasteiger partial charge in [0.05, 0.1) is 12.0 Å². The Hall–Kier alpha value is -1.47. The van der Waals surface area contributed by atoms with Crippen molar-refractivity contribution < 1.29 is 22.7 Å². The summed E-state index contributed by atoms with van der Waals surface area (Å²) in [5.74, 6) is -0.388. The Morgan fingerprint density at radius 1 is 1.26 bits per heavy atom. The van der Waals surface area contributed by atoms with Crippen LogP contribution >= 0.6 is 12.4 Å². The largest absolute Gasteiger partial charge is 0.573 e. The van der Waals surface area contributed by atoms with Gasteiger partial charge in [-0.2, -0.15) is 0 Å². The smallest absolute Gasteiger partial charge is 0.406 e. The van der Waals surface area contributed by atoms with Crippen molar-refractivity contribution in [3.63, 3.8) is 0 Å². The molecule has 0 aliphatic heterocycles. The summed E-state index contributed by atoms with van der Waals surface area (Å²) in [6.45, 7) is 6.07. The first-order chi connectivity index (χ1) is 10.1. The number of rotatable bonds is 6. The highest BCUT2D eigenvalue weighted by Gasteiger charge is 2.31. The maximum absolute atomic E-state index is 12.1. The highest BCUT2D eigenvalue weighted by molar-refractivity contribution is 5.85. The number of ether oxygens (including phenoxy) is 1. The lowest BCUT2D eigenvalue weighted by molar-refractivity contribution is -0.274. The van der Waals surface area contributed by atoms with Gasteiger partial charge in [0.1, 0.15) is 5.75 Å². The molecule has 0 fully saturated rings. The normalized spacial score (nSPS) is 13.9. The number of nitrogens with two attached hydrogens (primary N) is 1. The van der Waals surface area contributed by atoms with E-state index in [1.807, 2.05) is 20.8 Å². The zero-order chi connectivity index (χ0) is 17.0. The van der Waals surface area contributed by atoms with Gasteiger partial charge >= 0.3 is 6.36 Å². The van der Waals surface area contributed by atoms with Crippen molar-refractivity contribution in [3.05, 3.63) is 29.8 Å². The van der Waals surface area contributed by atoms with E-state index in [1.165, 1.54) is 24.3 Å². The Balaban J connectivity index is 0.00000484. The van der Waals surface area contributed by atoms with Gasteiger partial charge in [-0.15, -0.1) is 25.6 Å². The Kier molecular flexibility index (Phi) is 7.86. The van der Waals surface area contributed by atoms with Crippen LogP contribution in [-0.2, 0) is 11.2 Å². The van der Waals surface area contributed by atoms with Gasteiger partial charge in [-0.25, -0.2) is 0 Å². The van der Waals surface area contributed by atoms with Crippen molar-refractivity contribution in [1.82, 2.24) is 5.32 Å². The Morgan fingerprint density at radius 2 is 1.78 bits per heavy atom. The molecule has 0 saturated heterocycles. The van der Waals surface area contributed by atoms with E-state index >= 15 is 0 Å². The van der Waals surface area contributed by atoms with Crippen LogP contribution in [0.4, 0.5) is 13.2 Å². The lowest BCUT2D eigenvalue weighted by Gasteiger charge is -2.33. The van der Waals surface area contributed by atoms with Crippen molar-refractivity contribution in [3.8, 4) is 5.75 Å². The van der Waals surface area contributed by atoms with Crippen LogP contribution < -0.4 is 15.8 Å². The van der Waals surface area contributed by atoms with Gasteiger partial charge in [0.2, 0.25) is 5.91 Å². The molecule has 1 aromatic carbocycles. The van der Waals surface area contributed by atoms with E-state index in [0.29, 0.717) is 12.1 Å². The first kappa shape index (κ1) is 21.5. The molecule has 4 nitrogen and oxygen atoms in total. The van der Waals surface area contributed by atoms with Crippen molar-refractivity contribution >= 4 is 18.3 Å². The van der Waals surface area contributed by atoms with Gasteiger partial charge in [-0.05, 0) is 30.5 Å². The summed E-state index contributed by atoms with van der Waals surface area (Å²) in [6, 6.07) is 5.22. The van der Waals surface area contributed by atoms with E-state index in [1.54, 1.807) is 0 Å². The second-order valence-electron chi connectivity index (χ2n) is 5.69. The van der Waals surface area contributed by atoms with Gasteiger partial charge in [0, 0.05) is 6.54 Å². The van der Waals surface area contributed by atoms with Crippen LogP contribution in [0, 0.1) is 5.92 Å². The minimum atomic E-state index is -4.72. The quantitative estimate of drug-likeness (QED) is 0.825. The first-order valence-electron chi connectivity index (χ1n) is 6.91. The van der Waals surface area contributed by atoms with Crippen LogP contribution in [0.1, 0.15) is 26.3 Å². The van der Waals surface area contributed by atoms with Gasteiger partial charge in [0.25, 0.3) is 0 Å². The molecule has 0 spiro atoms. The third kappa shape index (κ3) is 7.09. The number of nitrogens with one attached hydrogen (secondary N) is 1. The lowest BCUT2D eigenvalue weighted by Crippen LogP contribution is -2.55. The first-order valence-corrected chi connectivity index (χ1v) is 6.91. The molecule has 0 aromatic heterocycles. The number of benzene rings is 1. The molecule has 1 atom stereocenters. The molecule has 3 N–H and O–H groups in total. The molecule has 0 bridgehead atoms. The van der Waals surface area contributed by atoms with Gasteiger partial charge in [0.15, 0.2) is 0 Å². The van der Waals surface area contributed by atoms with Crippen LogP contribution in [0.2, 0.25) is 0 Å². The van der Waals surface area contributed by atoms with Gasteiger partial charge in [-0.3, -0.25) is 4.79 Å². The Labute approximate surface area is 140 Å². The number of halogens is 4. The van der Waals surface area contributed by atoms with Crippen molar-refractivity contribution in [2.45, 2.75) is 39.1 Å². The van der Waals surface area contributed by atoms with Crippen molar-refractivity contribution in [1.29, 1.82) is 0 Å². The number of amides is 1. The Morgan fingerprint density at radius 3 is 2.17 bits per heavy atom. The standard InChI is InChI=1S/C15H21F3N2O2.ClH/c1-10(2)14(3,9-19)20-13(21)8-11-4-6-12(7-5-11)22-15(16,17)18;/h4-7,10H,8-9,19H2,1-3H3,(H,20,21);1H. The molecule has 1 rings (SSSR count). The summed E-state index contributed by atoms with van der Waals surface area (Å²) in [5, 5.41) is 2.87. The van der Waals surface area contributed by atoms with E-state index in [0.717, 1.165) is 0 Å². The number of hydrogen-bond donors (Lipinski definition) is 2. The summed E-state index contributed by atoms with van der Waals surface area (Å²) in [7, 11) is 0. The summed E-state index contributed by atoms with van der Waals surface area (Å²) in [4.78, 5) is 12.0. The Bertz CT molecular complexity index is 506. The average molecular weight is 355 g/mol. The van der Waals surface area contributed by atoms with E-state index in [9.17, 15) is 18.0 Å². The number of carbonyl (C=O) groups excluding carboxylic acids is 1. The van der Waals surface area contributed by atoms with E-state index in [-0.39, 0.29) is 36.4 Å². The molecule has 0 saturated carbocycles. The van der Waals surface area contributed by atoms with Crippen molar-refractivity contribution in [2.24, 2.45) is 11.7 Å². The number of carbonyl (C=O) groups is 1. The zero-order valence-electron chi connectivity index (χ0n) is 13.2.